The maximum Gasteiger partial charge on any atom is 0.220 e. The molecule has 0 heterocycles. The molecule has 9 nitrogen and oxygen atoms in total. The van der Waals surface area contributed by atoms with Crippen molar-refractivity contribution in [3.63, 3.8) is 0 Å². The average Bonchev–Trinajstić information content (AvgIpc) is 3.14. The minimum Gasteiger partial charge on any atom is -0.726 e. The second-order valence-corrected chi connectivity index (χ2v) is 17.3. The summed E-state index contributed by atoms with van der Waals surface area (Å²) in [5, 5.41) is 6.30. The molecule has 0 aromatic heterocycles. The van der Waals surface area contributed by atoms with Crippen LogP contribution in [0.5, 0.6) is 0 Å². The van der Waals surface area contributed by atoms with Gasteiger partial charge < -0.3 is 19.7 Å². The third-order valence-electron chi connectivity index (χ3n) is 11.0. The van der Waals surface area contributed by atoms with E-state index in [1.807, 2.05) is 0 Å². The molecule has 2 amide bonds. The molecular weight excluding hydrogens is 711 g/mol. The molecule has 55 heavy (non-hydrogen) atoms. The van der Waals surface area contributed by atoms with Crippen molar-refractivity contribution in [1.82, 2.24) is 10.6 Å². The van der Waals surface area contributed by atoms with Gasteiger partial charge in [0.15, 0.2) is 0 Å². The van der Waals surface area contributed by atoms with E-state index >= 15 is 0 Å². The van der Waals surface area contributed by atoms with Gasteiger partial charge in [-0.3, -0.25) is 13.8 Å². The Labute approximate surface area is 342 Å². The highest BCUT2D eigenvalue weighted by atomic mass is 32.3. The fourth-order valence-electron chi connectivity index (χ4n) is 6.99. The van der Waals surface area contributed by atoms with Gasteiger partial charge in [-0.25, -0.2) is 8.42 Å². The maximum absolute atomic E-state index is 12.4. The number of nitrogens with zero attached hydrogens (tertiary/aromatic N) is 1. The van der Waals surface area contributed by atoms with Crippen molar-refractivity contribution < 1.29 is 31.2 Å². The average molecular weight is 804 g/mol. The smallest absolute Gasteiger partial charge is 0.220 e. The van der Waals surface area contributed by atoms with Crippen LogP contribution in [0, 0.1) is 0 Å². The summed E-state index contributed by atoms with van der Waals surface area (Å²) in [6, 6.07) is 0. The molecule has 0 rings (SSSR count). The first-order valence-electron chi connectivity index (χ1n) is 23.5. The van der Waals surface area contributed by atoms with Gasteiger partial charge in [0.25, 0.3) is 0 Å². The second-order valence-electron chi connectivity index (χ2n) is 16.3. The zero-order valence-electron chi connectivity index (χ0n) is 37.2. The summed E-state index contributed by atoms with van der Waals surface area (Å²) in [7, 11) is -2.19. The SMILES string of the molecule is CCCCCCCCCCCCCCCCCC(=O)NCC[N+](C)(CC)CCNC(=O)CCCCCCCCCCCCCCCCC.CCOS(=O)(=O)[O-]. The van der Waals surface area contributed by atoms with Gasteiger partial charge in [0.2, 0.25) is 22.2 Å². The van der Waals surface area contributed by atoms with Gasteiger partial charge in [0.1, 0.15) is 0 Å². The predicted octanol–water partition coefficient (Wildman–Crippen LogP) is 11.7. The largest absolute Gasteiger partial charge is 0.726 e. The summed E-state index contributed by atoms with van der Waals surface area (Å²) in [5.41, 5.74) is 0. The molecule has 0 aromatic carbocycles. The Kier molecular flexibility index (Phi) is 43.0. The van der Waals surface area contributed by atoms with E-state index in [4.69, 9.17) is 0 Å². The van der Waals surface area contributed by atoms with Crippen LogP contribution in [0.15, 0.2) is 0 Å². The fraction of sp³-hybridized carbons (Fsp3) is 0.956. The van der Waals surface area contributed by atoms with Crippen LogP contribution in [-0.4, -0.2) is 75.6 Å². The Bertz CT molecular complexity index is 882. The number of quaternary nitrogens is 1. The summed E-state index contributed by atoms with van der Waals surface area (Å²) in [5.74, 6) is 0.397. The minimum absolute atomic E-state index is 0.0914. The molecule has 0 fully saturated rings. The van der Waals surface area contributed by atoms with Crippen LogP contribution in [0.3, 0.4) is 0 Å². The van der Waals surface area contributed by atoms with Crippen molar-refractivity contribution in [1.29, 1.82) is 0 Å². The molecule has 0 saturated heterocycles. The van der Waals surface area contributed by atoms with E-state index in [-0.39, 0.29) is 18.4 Å². The minimum atomic E-state index is -4.42. The second kappa shape index (κ2) is 42.4. The molecule has 0 unspecified atom stereocenters. The number of unbranched alkanes of at least 4 members (excludes halogenated alkanes) is 28. The summed E-state index contributed by atoms with van der Waals surface area (Å²) in [4.78, 5) is 24.7. The van der Waals surface area contributed by atoms with Gasteiger partial charge in [0, 0.05) is 12.8 Å². The molecule has 0 bridgehead atoms. The monoisotopic (exact) mass is 804 g/mol. The van der Waals surface area contributed by atoms with Gasteiger partial charge in [-0.1, -0.05) is 194 Å². The van der Waals surface area contributed by atoms with Crippen LogP contribution in [-0.2, 0) is 24.2 Å². The van der Waals surface area contributed by atoms with Gasteiger partial charge in [-0.05, 0) is 26.7 Å². The van der Waals surface area contributed by atoms with E-state index in [0.717, 1.165) is 50.0 Å². The number of rotatable bonds is 41. The van der Waals surface area contributed by atoms with Crippen LogP contribution in [0.1, 0.15) is 233 Å². The zero-order chi connectivity index (χ0) is 41.1. The summed E-state index contributed by atoms with van der Waals surface area (Å²) < 4.78 is 32.9. The molecule has 10 heteroatoms. The van der Waals surface area contributed by atoms with Crippen LogP contribution < -0.4 is 10.6 Å². The van der Waals surface area contributed by atoms with Crippen molar-refractivity contribution in [2.24, 2.45) is 0 Å². The highest BCUT2D eigenvalue weighted by molar-refractivity contribution is 7.80. The van der Waals surface area contributed by atoms with Crippen molar-refractivity contribution in [2.75, 3.05) is 46.4 Å². The van der Waals surface area contributed by atoms with E-state index in [9.17, 15) is 22.6 Å². The molecule has 0 atom stereocenters. The number of carbonyl (C=O) groups excluding carboxylic acids is 2. The van der Waals surface area contributed by atoms with Gasteiger partial charge >= 0.3 is 0 Å². The number of likely N-dealkylation sites (N-methyl/N-ethyl adjacent to an activating group) is 1. The lowest BCUT2D eigenvalue weighted by Gasteiger charge is -2.33. The maximum atomic E-state index is 12.4. The Morgan fingerprint density at radius 1 is 0.473 bits per heavy atom. The molecule has 0 saturated carbocycles. The molecular formula is C45H93N3O6S. The fourth-order valence-corrected chi connectivity index (χ4v) is 7.28. The van der Waals surface area contributed by atoms with Crippen LogP contribution in [0.2, 0.25) is 0 Å². The van der Waals surface area contributed by atoms with Crippen LogP contribution in [0.4, 0.5) is 0 Å². The lowest BCUT2D eigenvalue weighted by Crippen LogP contribution is -2.52. The van der Waals surface area contributed by atoms with Gasteiger partial charge in [-0.15, -0.1) is 0 Å². The number of carbonyl (C=O) groups is 2. The Hall–Kier alpha value is -1.23. The first kappa shape index (κ1) is 55.9. The standard InChI is InChI=1S/C43H87N3O2.C2H6O4S/c1-5-8-10-12-14-16-18-20-22-24-26-28-30-32-34-36-42(47)44-38-40-46(4,7-3)41-39-45-43(48)37-35-33-31-29-27-25-23-21-19-17-15-13-11-9-6-2;1-2-6-7(3,4)5/h5-41H2,1-4H3,(H-,44,45,47,48);2H2,1H3,(H,3,4,5). The van der Waals surface area contributed by atoms with Crippen LogP contribution >= 0.6 is 0 Å². The molecule has 0 radical (unpaired) electrons. The van der Waals surface area contributed by atoms with Crippen molar-refractivity contribution >= 4 is 22.2 Å². The van der Waals surface area contributed by atoms with Crippen molar-refractivity contribution in [3.8, 4) is 0 Å². The number of hydrogen-bond acceptors (Lipinski definition) is 6. The Morgan fingerprint density at radius 2 is 0.727 bits per heavy atom. The van der Waals surface area contributed by atoms with E-state index in [0.29, 0.717) is 12.8 Å². The Morgan fingerprint density at radius 3 is 0.927 bits per heavy atom. The molecule has 330 valence electrons. The van der Waals surface area contributed by atoms with Crippen LogP contribution in [0.25, 0.3) is 0 Å². The van der Waals surface area contributed by atoms with E-state index in [1.165, 1.54) is 187 Å². The first-order chi connectivity index (χ1) is 26.5. The molecule has 0 aromatic rings. The third-order valence-corrected chi connectivity index (χ3v) is 11.5. The molecule has 0 spiro atoms. The van der Waals surface area contributed by atoms with E-state index < -0.39 is 10.4 Å². The zero-order valence-corrected chi connectivity index (χ0v) is 38.0. The van der Waals surface area contributed by atoms with E-state index in [2.05, 4.69) is 42.6 Å². The van der Waals surface area contributed by atoms with Crippen molar-refractivity contribution in [3.05, 3.63) is 0 Å². The highest BCUT2D eigenvalue weighted by Gasteiger charge is 2.19. The predicted molar refractivity (Wildman–Crippen MR) is 233 cm³/mol. The summed E-state index contributed by atoms with van der Waals surface area (Å²) >= 11 is 0. The van der Waals surface area contributed by atoms with Gasteiger partial charge in [0.05, 0.1) is 46.4 Å². The molecule has 0 aliphatic heterocycles. The normalized spacial score (nSPS) is 11.7. The molecule has 2 N–H and O–H groups in total. The number of hydrogen-bond donors (Lipinski definition) is 2. The first-order valence-corrected chi connectivity index (χ1v) is 24.8. The summed E-state index contributed by atoms with van der Waals surface area (Å²) in [6.45, 7) is 12.4. The lowest BCUT2D eigenvalue weighted by molar-refractivity contribution is -0.905. The molecule has 0 aliphatic carbocycles. The van der Waals surface area contributed by atoms with Crippen molar-refractivity contribution in [2.45, 2.75) is 233 Å². The number of nitrogens with one attached hydrogen (secondary N) is 2. The Balaban J connectivity index is 0. The number of amides is 2. The topological polar surface area (TPSA) is 125 Å². The van der Waals surface area contributed by atoms with Gasteiger partial charge in [-0.2, -0.15) is 0 Å². The lowest BCUT2D eigenvalue weighted by atomic mass is 10.0. The quantitative estimate of drug-likeness (QED) is 0.0274. The highest BCUT2D eigenvalue weighted by Crippen LogP contribution is 2.15. The summed E-state index contributed by atoms with van der Waals surface area (Å²) in [6.07, 6.45) is 41.8. The van der Waals surface area contributed by atoms with E-state index in [1.54, 1.807) is 0 Å². The third kappa shape index (κ3) is 47.0. The molecule has 0 aliphatic rings.